The van der Waals surface area contributed by atoms with Crippen LogP contribution < -0.4 is 0 Å². The van der Waals surface area contributed by atoms with Crippen molar-refractivity contribution >= 4 is 25.8 Å². The van der Waals surface area contributed by atoms with E-state index in [1.807, 2.05) is 24.3 Å². The number of rotatable bonds is 4. The molecule has 0 spiro atoms. The summed E-state index contributed by atoms with van der Waals surface area (Å²) in [7, 11) is -2.99. The lowest BCUT2D eigenvalue weighted by Crippen LogP contribution is -2.34. The number of hydrogen-bond donors (Lipinski definition) is 1. The lowest BCUT2D eigenvalue weighted by molar-refractivity contribution is 0.0858. The van der Waals surface area contributed by atoms with Crippen LogP contribution in [0.2, 0.25) is 0 Å². The van der Waals surface area contributed by atoms with Gasteiger partial charge in [-0.05, 0) is 43.2 Å². The Morgan fingerprint density at radius 3 is 2.70 bits per heavy atom. The zero-order chi connectivity index (χ0) is 14.8. The van der Waals surface area contributed by atoms with Gasteiger partial charge in [0.25, 0.3) is 0 Å². The lowest BCUT2D eigenvalue weighted by Gasteiger charge is -2.31. The smallest absolute Gasteiger partial charge is 0.150 e. The van der Waals surface area contributed by atoms with Gasteiger partial charge in [-0.25, -0.2) is 8.42 Å². The highest BCUT2D eigenvalue weighted by Crippen LogP contribution is 2.32. The second-order valence-electron chi connectivity index (χ2n) is 5.74. The Hall–Kier alpha value is -0.390. The third-order valence-electron chi connectivity index (χ3n) is 4.20. The molecule has 1 saturated carbocycles. The second kappa shape index (κ2) is 6.58. The number of halogens is 1. The van der Waals surface area contributed by atoms with E-state index in [1.54, 1.807) is 0 Å². The van der Waals surface area contributed by atoms with Crippen molar-refractivity contribution in [2.75, 3.05) is 6.26 Å². The van der Waals surface area contributed by atoms with Gasteiger partial charge in [0.05, 0.1) is 11.4 Å². The van der Waals surface area contributed by atoms with Gasteiger partial charge in [-0.2, -0.15) is 0 Å². The van der Waals surface area contributed by atoms with E-state index in [4.69, 9.17) is 0 Å². The molecule has 0 heterocycles. The third kappa shape index (κ3) is 4.06. The Kier molecular flexibility index (Phi) is 5.26. The van der Waals surface area contributed by atoms with Crippen molar-refractivity contribution in [1.29, 1.82) is 0 Å². The van der Waals surface area contributed by atoms with E-state index in [0.29, 0.717) is 12.8 Å². The quantitative estimate of drug-likeness (QED) is 0.897. The van der Waals surface area contributed by atoms with Gasteiger partial charge in [-0.3, -0.25) is 0 Å². The Bertz CT molecular complexity index is 556. The van der Waals surface area contributed by atoms with Crippen LogP contribution >= 0.6 is 15.9 Å². The maximum absolute atomic E-state index is 11.7. The molecule has 3 unspecified atom stereocenters. The summed E-state index contributed by atoms with van der Waals surface area (Å²) in [6.45, 7) is 0. The van der Waals surface area contributed by atoms with Crippen LogP contribution in [0.4, 0.5) is 0 Å². The highest BCUT2D eigenvalue weighted by molar-refractivity contribution is 9.10. The molecule has 1 aromatic carbocycles. The molecule has 2 rings (SSSR count). The maximum Gasteiger partial charge on any atom is 0.150 e. The summed E-state index contributed by atoms with van der Waals surface area (Å²) in [5, 5.41) is 10.1. The van der Waals surface area contributed by atoms with Crippen LogP contribution in [0.3, 0.4) is 0 Å². The summed E-state index contributed by atoms with van der Waals surface area (Å²) in [5.74, 6) is 0.0792. The van der Waals surface area contributed by atoms with Gasteiger partial charge in [0.2, 0.25) is 0 Å². The van der Waals surface area contributed by atoms with E-state index in [2.05, 4.69) is 15.9 Å². The number of aliphatic hydroxyl groups excluding tert-OH is 1. The first-order valence-electron chi connectivity index (χ1n) is 6.98. The molecular weight excluding hydrogens is 340 g/mol. The van der Waals surface area contributed by atoms with E-state index in [-0.39, 0.29) is 11.2 Å². The zero-order valence-electron chi connectivity index (χ0n) is 11.6. The maximum atomic E-state index is 11.7. The fraction of sp³-hybridized carbons (Fsp3) is 0.600. The van der Waals surface area contributed by atoms with Gasteiger partial charge < -0.3 is 5.11 Å². The molecule has 112 valence electrons. The third-order valence-corrected chi connectivity index (χ3v) is 6.62. The summed E-state index contributed by atoms with van der Waals surface area (Å²) < 4.78 is 24.4. The van der Waals surface area contributed by atoms with Gasteiger partial charge in [-0.1, -0.05) is 40.5 Å². The molecule has 1 N–H and O–H groups in total. The van der Waals surface area contributed by atoms with E-state index < -0.39 is 15.9 Å². The van der Waals surface area contributed by atoms with Crippen LogP contribution in [0.5, 0.6) is 0 Å². The van der Waals surface area contributed by atoms with Gasteiger partial charge in [0.1, 0.15) is 9.84 Å². The average molecular weight is 361 g/mol. The molecule has 1 aliphatic carbocycles. The fourth-order valence-corrected chi connectivity index (χ4v) is 4.61. The van der Waals surface area contributed by atoms with E-state index in [9.17, 15) is 13.5 Å². The highest BCUT2D eigenvalue weighted by Gasteiger charge is 2.32. The van der Waals surface area contributed by atoms with Crippen LogP contribution in [0.15, 0.2) is 28.7 Å². The molecular formula is C15H21BrO3S. The SMILES string of the molecule is CS(=O)(=O)C1CCCC(C(O)Cc2ccccc2Br)C1. The van der Waals surface area contributed by atoms with Crippen LogP contribution in [-0.2, 0) is 16.3 Å². The molecule has 0 aliphatic heterocycles. The Labute approximate surface area is 129 Å². The predicted octanol–water partition coefficient (Wildman–Crippen LogP) is 2.96. The van der Waals surface area contributed by atoms with Crippen molar-refractivity contribution in [2.45, 2.75) is 43.5 Å². The van der Waals surface area contributed by atoms with Crippen LogP contribution in [0.1, 0.15) is 31.2 Å². The van der Waals surface area contributed by atoms with Gasteiger partial charge in [0.15, 0.2) is 0 Å². The minimum Gasteiger partial charge on any atom is -0.392 e. The normalized spacial score (nSPS) is 25.4. The van der Waals surface area contributed by atoms with Crippen molar-refractivity contribution in [1.82, 2.24) is 0 Å². The summed E-state index contributed by atoms with van der Waals surface area (Å²) in [4.78, 5) is 0. The molecule has 1 aliphatic rings. The van der Waals surface area contributed by atoms with Gasteiger partial charge in [-0.15, -0.1) is 0 Å². The summed E-state index contributed by atoms with van der Waals surface area (Å²) in [6.07, 6.45) is 4.52. The number of sulfone groups is 1. The molecule has 20 heavy (non-hydrogen) atoms. The van der Waals surface area contributed by atoms with Crippen LogP contribution in [-0.4, -0.2) is 31.1 Å². The first kappa shape index (κ1) is 16.0. The minimum atomic E-state index is -2.99. The summed E-state index contributed by atoms with van der Waals surface area (Å²) in [6, 6.07) is 7.85. The Morgan fingerprint density at radius 2 is 2.05 bits per heavy atom. The molecule has 0 saturated heterocycles. The Morgan fingerprint density at radius 1 is 1.35 bits per heavy atom. The lowest BCUT2D eigenvalue weighted by atomic mass is 9.83. The minimum absolute atomic E-state index is 0.0792. The standard InChI is InChI=1S/C15H21BrO3S/c1-20(18,19)13-7-4-6-12(9-13)15(17)10-11-5-2-3-8-14(11)16/h2-3,5,8,12-13,15,17H,4,6-7,9-10H2,1H3. The van der Waals surface area contributed by atoms with Crippen LogP contribution in [0.25, 0.3) is 0 Å². The fourth-order valence-electron chi connectivity index (χ4n) is 2.98. The first-order valence-corrected chi connectivity index (χ1v) is 9.73. The van der Waals surface area contributed by atoms with Crippen molar-refractivity contribution < 1.29 is 13.5 Å². The van der Waals surface area contributed by atoms with Crippen molar-refractivity contribution in [2.24, 2.45) is 5.92 Å². The molecule has 3 nitrogen and oxygen atoms in total. The second-order valence-corrected chi connectivity index (χ2v) is 8.92. The molecule has 0 bridgehead atoms. The molecule has 5 heteroatoms. The van der Waals surface area contributed by atoms with E-state index >= 15 is 0 Å². The largest absolute Gasteiger partial charge is 0.392 e. The Balaban J connectivity index is 2.02. The van der Waals surface area contributed by atoms with E-state index in [1.165, 1.54) is 6.26 Å². The molecule has 1 aromatic rings. The topological polar surface area (TPSA) is 54.4 Å². The molecule has 1 fully saturated rings. The summed E-state index contributed by atoms with van der Waals surface area (Å²) >= 11 is 3.49. The molecule has 3 atom stereocenters. The van der Waals surface area contributed by atoms with Crippen molar-refractivity contribution in [3.8, 4) is 0 Å². The average Bonchev–Trinajstić information content (AvgIpc) is 2.40. The highest BCUT2D eigenvalue weighted by atomic mass is 79.9. The van der Waals surface area contributed by atoms with Crippen LogP contribution in [0, 0.1) is 5.92 Å². The van der Waals surface area contributed by atoms with Gasteiger partial charge in [0, 0.05) is 10.7 Å². The monoisotopic (exact) mass is 360 g/mol. The number of benzene rings is 1. The zero-order valence-corrected chi connectivity index (χ0v) is 14.0. The summed E-state index contributed by atoms with van der Waals surface area (Å²) in [5.41, 5.74) is 1.07. The number of hydrogen-bond acceptors (Lipinski definition) is 3. The molecule has 0 radical (unpaired) electrons. The molecule has 0 amide bonds. The first-order chi connectivity index (χ1) is 9.38. The van der Waals surface area contributed by atoms with Crippen molar-refractivity contribution in [3.05, 3.63) is 34.3 Å². The predicted molar refractivity (Wildman–Crippen MR) is 84.4 cm³/mol. The van der Waals surface area contributed by atoms with E-state index in [0.717, 1.165) is 29.3 Å². The van der Waals surface area contributed by atoms with Crippen molar-refractivity contribution in [3.63, 3.8) is 0 Å². The molecule has 0 aromatic heterocycles. The van der Waals surface area contributed by atoms with Gasteiger partial charge >= 0.3 is 0 Å². The number of aliphatic hydroxyl groups is 1.